The molecule has 0 aliphatic carbocycles. The number of carbonyl (C=O) groups is 1. The third kappa shape index (κ3) is 3.52. The maximum atomic E-state index is 12.2. The SMILES string of the molecule is O=C(NCCBr)c1ccc(C(F)(F)F)cc1. The molecule has 0 unspecified atom stereocenters. The third-order valence-corrected chi connectivity index (χ3v) is 2.25. The van der Waals surface area contributed by atoms with Gasteiger partial charge in [-0.05, 0) is 24.3 Å². The van der Waals surface area contributed by atoms with Gasteiger partial charge in [0.05, 0.1) is 5.56 Å². The van der Waals surface area contributed by atoms with E-state index in [1.807, 2.05) is 0 Å². The van der Waals surface area contributed by atoms with Crippen LogP contribution in [0.2, 0.25) is 0 Å². The standard InChI is InChI=1S/C10H9BrF3NO/c11-5-6-15-9(16)7-1-3-8(4-2-7)10(12,13)14/h1-4H,5-6H2,(H,15,16). The Kier molecular flexibility index (Phi) is 4.35. The molecule has 2 nitrogen and oxygen atoms in total. The predicted molar refractivity (Wildman–Crippen MR) is 57.6 cm³/mol. The summed E-state index contributed by atoms with van der Waals surface area (Å²) in [5, 5.41) is 3.14. The zero-order valence-electron chi connectivity index (χ0n) is 8.14. The molecule has 1 amide bonds. The van der Waals surface area contributed by atoms with E-state index in [0.717, 1.165) is 24.3 Å². The van der Waals surface area contributed by atoms with E-state index in [1.165, 1.54) is 0 Å². The van der Waals surface area contributed by atoms with Crippen LogP contribution in [0.3, 0.4) is 0 Å². The van der Waals surface area contributed by atoms with Crippen molar-refractivity contribution in [1.82, 2.24) is 5.32 Å². The third-order valence-electron chi connectivity index (χ3n) is 1.85. The van der Waals surface area contributed by atoms with Gasteiger partial charge in [0, 0.05) is 17.4 Å². The Morgan fingerprint density at radius 1 is 1.25 bits per heavy atom. The lowest BCUT2D eigenvalue weighted by molar-refractivity contribution is -0.137. The normalized spacial score (nSPS) is 11.2. The molecular weight excluding hydrogens is 287 g/mol. The number of benzene rings is 1. The number of carbonyl (C=O) groups excluding carboxylic acids is 1. The lowest BCUT2D eigenvalue weighted by Crippen LogP contribution is -2.25. The van der Waals surface area contributed by atoms with Crippen molar-refractivity contribution in [1.29, 1.82) is 0 Å². The fraction of sp³-hybridized carbons (Fsp3) is 0.300. The molecule has 0 radical (unpaired) electrons. The predicted octanol–water partition coefficient (Wildman–Crippen LogP) is 2.83. The van der Waals surface area contributed by atoms with Crippen molar-refractivity contribution in [3.8, 4) is 0 Å². The summed E-state index contributed by atoms with van der Waals surface area (Å²) in [7, 11) is 0. The van der Waals surface area contributed by atoms with Crippen LogP contribution in [0.5, 0.6) is 0 Å². The Morgan fingerprint density at radius 3 is 2.25 bits per heavy atom. The first kappa shape index (κ1) is 13.0. The van der Waals surface area contributed by atoms with Crippen LogP contribution in [0.1, 0.15) is 15.9 Å². The van der Waals surface area contributed by atoms with E-state index in [1.54, 1.807) is 0 Å². The van der Waals surface area contributed by atoms with Gasteiger partial charge in [0.15, 0.2) is 0 Å². The topological polar surface area (TPSA) is 29.1 Å². The molecule has 0 spiro atoms. The number of halogens is 4. The molecule has 1 N–H and O–H groups in total. The van der Waals surface area contributed by atoms with Crippen molar-refractivity contribution in [3.63, 3.8) is 0 Å². The van der Waals surface area contributed by atoms with Crippen LogP contribution in [0.4, 0.5) is 13.2 Å². The van der Waals surface area contributed by atoms with E-state index < -0.39 is 11.7 Å². The average Bonchev–Trinajstić information content (AvgIpc) is 2.25. The van der Waals surface area contributed by atoms with Crippen molar-refractivity contribution < 1.29 is 18.0 Å². The minimum absolute atomic E-state index is 0.217. The van der Waals surface area contributed by atoms with Crippen molar-refractivity contribution in [2.45, 2.75) is 6.18 Å². The van der Waals surface area contributed by atoms with Crippen LogP contribution in [0, 0.1) is 0 Å². The largest absolute Gasteiger partial charge is 0.416 e. The van der Waals surface area contributed by atoms with Crippen molar-refractivity contribution in [2.75, 3.05) is 11.9 Å². The average molecular weight is 296 g/mol. The summed E-state index contributed by atoms with van der Waals surface area (Å²) in [5.74, 6) is -0.381. The lowest BCUT2D eigenvalue weighted by atomic mass is 10.1. The summed E-state index contributed by atoms with van der Waals surface area (Å²) >= 11 is 3.12. The molecule has 16 heavy (non-hydrogen) atoms. The lowest BCUT2D eigenvalue weighted by Gasteiger charge is -2.07. The minimum Gasteiger partial charge on any atom is -0.351 e. The summed E-state index contributed by atoms with van der Waals surface area (Å²) in [6.07, 6.45) is -4.37. The van der Waals surface area contributed by atoms with Gasteiger partial charge in [-0.2, -0.15) is 13.2 Å². The molecule has 0 aliphatic rings. The molecule has 0 saturated carbocycles. The highest BCUT2D eigenvalue weighted by Crippen LogP contribution is 2.28. The fourth-order valence-electron chi connectivity index (χ4n) is 1.07. The van der Waals surface area contributed by atoms with E-state index in [4.69, 9.17) is 0 Å². The zero-order chi connectivity index (χ0) is 12.2. The number of hydrogen-bond donors (Lipinski definition) is 1. The molecule has 0 aliphatic heterocycles. The summed E-state index contributed by atoms with van der Waals surface area (Å²) in [5.41, 5.74) is -0.543. The van der Waals surface area contributed by atoms with Gasteiger partial charge in [0.1, 0.15) is 0 Å². The molecule has 88 valence electrons. The Bertz CT molecular complexity index is 361. The van der Waals surface area contributed by atoms with Gasteiger partial charge in [-0.1, -0.05) is 15.9 Å². The molecule has 1 aromatic rings. The fourth-order valence-corrected chi connectivity index (χ4v) is 1.27. The highest BCUT2D eigenvalue weighted by molar-refractivity contribution is 9.09. The first-order chi connectivity index (χ1) is 7.45. The number of rotatable bonds is 3. The van der Waals surface area contributed by atoms with Crippen LogP contribution in [-0.4, -0.2) is 17.8 Å². The molecule has 0 aromatic heterocycles. The van der Waals surface area contributed by atoms with Crippen molar-refractivity contribution >= 4 is 21.8 Å². The van der Waals surface area contributed by atoms with E-state index >= 15 is 0 Å². The molecule has 0 heterocycles. The van der Waals surface area contributed by atoms with Crippen molar-refractivity contribution in [2.24, 2.45) is 0 Å². The van der Waals surface area contributed by atoms with E-state index in [9.17, 15) is 18.0 Å². The van der Waals surface area contributed by atoms with Gasteiger partial charge in [-0.15, -0.1) is 0 Å². The maximum Gasteiger partial charge on any atom is 0.416 e. The smallest absolute Gasteiger partial charge is 0.351 e. The monoisotopic (exact) mass is 295 g/mol. The first-order valence-electron chi connectivity index (χ1n) is 4.46. The van der Waals surface area contributed by atoms with E-state index in [-0.39, 0.29) is 11.5 Å². The molecule has 1 rings (SSSR count). The molecule has 0 fully saturated rings. The maximum absolute atomic E-state index is 12.2. The molecule has 1 aromatic carbocycles. The van der Waals surface area contributed by atoms with Gasteiger partial charge in [0.25, 0.3) is 5.91 Å². The second-order valence-electron chi connectivity index (χ2n) is 3.02. The van der Waals surface area contributed by atoms with Gasteiger partial charge in [0.2, 0.25) is 0 Å². The number of nitrogens with one attached hydrogen (secondary N) is 1. The summed E-state index contributed by atoms with van der Waals surface area (Å²) < 4.78 is 36.6. The molecular formula is C10H9BrF3NO. The van der Waals surface area contributed by atoms with Crippen LogP contribution >= 0.6 is 15.9 Å². The molecule has 0 bridgehead atoms. The van der Waals surface area contributed by atoms with Crippen LogP contribution in [0.15, 0.2) is 24.3 Å². The quantitative estimate of drug-likeness (QED) is 0.854. The summed E-state index contributed by atoms with van der Waals surface area (Å²) in [6.45, 7) is 0.430. The second-order valence-corrected chi connectivity index (χ2v) is 3.81. The van der Waals surface area contributed by atoms with E-state index in [2.05, 4.69) is 21.2 Å². The van der Waals surface area contributed by atoms with Crippen LogP contribution in [-0.2, 0) is 6.18 Å². The number of hydrogen-bond acceptors (Lipinski definition) is 1. The van der Waals surface area contributed by atoms with Crippen molar-refractivity contribution in [3.05, 3.63) is 35.4 Å². The van der Waals surface area contributed by atoms with Gasteiger partial charge >= 0.3 is 6.18 Å². The van der Waals surface area contributed by atoms with Gasteiger partial charge in [-0.25, -0.2) is 0 Å². The van der Waals surface area contributed by atoms with Crippen LogP contribution < -0.4 is 5.32 Å². The number of alkyl halides is 4. The Labute approximate surface area is 99.0 Å². The first-order valence-corrected chi connectivity index (χ1v) is 5.58. The van der Waals surface area contributed by atoms with Gasteiger partial charge < -0.3 is 5.32 Å². The zero-order valence-corrected chi connectivity index (χ0v) is 9.73. The summed E-state index contributed by atoms with van der Waals surface area (Å²) in [6, 6.07) is 4.10. The molecule has 6 heteroatoms. The minimum atomic E-state index is -4.37. The second kappa shape index (κ2) is 5.34. The Hall–Kier alpha value is -1.04. The highest BCUT2D eigenvalue weighted by Gasteiger charge is 2.30. The van der Waals surface area contributed by atoms with Crippen LogP contribution in [0.25, 0.3) is 0 Å². The van der Waals surface area contributed by atoms with Gasteiger partial charge in [-0.3, -0.25) is 4.79 Å². The summed E-state index contributed by atoms with van der Waals surface area (Å²) in [4.78, 5) is 11.4. The highest BCUT2D eigenvalue weighted by atomic mass is 79.9. The number of amides is 1. The molecule has 0 saturated heterocycles. The molecule has 0 atom stereocenters. The van der Waals surface area contributed by atoms with E-state index in [0.29, 0.717) is 11.9 Å². The Morgan fingerprint density at radius 2 is 1.81 bits per heavy atom. The Balaban J connectivity index is 2.75.